The Balaban J connectivity index is 2.09. The van der Waals surface area contributed by atoms with Crippen LogP contribution in [-0.4, -0.2) is 30.4 Å². The Morgan fingerprint density at radius 2 is 1.56 bits per heavy atom. The Hall–Kier alpha value is -0.940. The maximum absolute atomic E-state index is 10.9. The van der Waals surface area contributed by atoms with Crippen LogP contribution in [0.25, 0.3) is 0 Å². The third-order valence-electron chi connectivity index (χ3n) is 4.76. The van der Waals surface area contributed by atoms with Crippen LogP contribution in [0, 0.1) is 11.1 Å². The van der Waals surface area contributed by atoms with Crippen molar-refractivity contribution in [3.63, 3.8) is 0 Å². The second-order valence-corrected chi connectivity index (χ2v) is 7.47. The first-order chi connectivity index (χ1) is 12.1. The van der Waals surface area contributed by atoms with E-state index in [4.69, 9.17) is 9.47 Å². The van der Waals surface area contributed by atoms with Crippen molar-refractivity contribution in [3.8, 4) is 0 Å². The second kappa shape index (κ2) is 13.3. The fourth-order valence-corrected chi connectivity index (χ4v) is 3.30. The van der Waals surface area contributed by atoms with Gasteiger partial charge in [0, 0.05) is 12.8 Å². The van der Waals surface area contributed by atoms with Gasteiger partial charge >= 0.3 is 0 Å². The molecular weight excluding hydrogens is 316 g/mol. The molecule has 0 atom stereocenters. The maximum atomic E-state index is 10.9. The predicted octanol–water partition coefficient (Wildman–Crippen LogP) is 5.78. The molecule has 146 valence electrons. The van der Waals surface area contributed by atoms with Crippen LogP contribution in [0.5, 0.6) is 0 Å². The van der Waals surface area contributed by atoms with E-state index in [1.165, 1.54) is 44.7 Å². The molecule has 0 aromatic carbocycles. The molecule has 25 heavy (non-hydrogen) atoms. The Bertz CT molecular complexity index is 377. The number of ether oxygens (including phenoxy) is 2. The van der Waals surface area contributed by atoms with Crippen molar-refractivity contribution >= 4 is 0 Å². The lowest BCUT2D eigenvalue weighted by Crippen LogP contribution is -2.30. The molecule has 0 radical (unpaired) electrons. The van der Waals surface area contributed by atoms with Gasteiger partial charge < -0.3 is 14.7 Å². The Kier molecular flexibility index (Phi) is 11.7. The number of hydrogen-bond acceptors (Lipinski definition) is 4. The topological polar surface area (TPSA) is 56.9 Å². The number of rotatable bonds is 15. The van der Waals surface area contributed by atoms with Crippen LogP contribution < -0.4 is 0 Å². The molecule has 0 bridgehead atoms. The number of hydroxylamine groups is 1. The molecule has 1 aliphatic heterocycles. The summed E-state index contributed by atoms with van der Waals surface area (Å²) in [6.45, 7) is 10.0. The minimum absolute atomic E-state index is 0.305. The van der Waals surface area contributed by atoms with Gasteiger partial charge in [-0.1, -0.05) is 57.2 Å². The van der Waals surface area contributed by atoms with E-state index in [-0.39, 0.29) is 5.79 Å². The smallest absolute Gasteiger partial charge is 0.202 e. The summed E-state index contributed by atoms with van der Waals surface area (Å²) < 4.78 is 11.9. The first-order valence-corrected chi connectivity index (χ1v) is 10.1. The molecule has 1 fully saturated rings. The van der Waals surface area contributed by atoms with E-state index in [2.05, 4.69) is 25.5 Å². The van der Waals surface area contributed by atoms with Gasteiger partial charge in [0.15, 0.2) is 5.79 Å². The normalized spacial score (nSPS) is 17.3. The first kappa shape index (κ1) is 22.1. The summed E-state index contributed by atoms with van der Waals surface area (Å²) >= 11 is 0. The van der Waals surface area contributed by atoms with Gasteiger partial charge in [-0.05, 0) is 36.9 Å². The molecule has 0 spiro atoms. The third kappa shape index (κ3) is 10.6. The van der Waals surface area contributed by atoms with Crippen LogP contribution in [0.4, 0.5) is 0 Å². The Morgan fingerprint density at radius 3 is 2.16 bits per heavy atom. The predicted molar refractivity (Wildman–Crippen MR) is 101 cm³/mol. The number of unbranched alkanes of at least 4 members (excludes halogenated alkanes) is 6. The number of azo groups is 1. The average Bonchev–Trinajstić information content (AvgIpc) is 3.05. The fraction of sp³-hybridized carbons (Fsp3) is 0.900. The quantitative estimate of drug-likeness (QED) is 0.162. The summed E-state index contributed by atoms with van der Waals surface area (Å²) in [4.78, 5) is 0.541. The van der Waals surface area contributed by atoms with Crippen LogP contribution in [0.1, 0.15) is 84.5 Å². The van der Waals surface area contributed by atoms with Crippen LogP contribution >= 0.6 is 0 Å². The molecule has 1 aliphatic rings. The third-order valence-corrected chi connectivity index (χ3v) is 4.76. The highest BCUT2D eigenvalue weighted by molar-refractivity contribution is 4.74. The summed E-state index contributed by atoms with van der Waals surface area (Å²) in [7, 11) is 0. The van der Waals surface area contributed by atoms with Crippen molar-refractivity contribution in [3.05, 3.63) is 18.0 Å². The van der Waals surface area contributed by atoms with E-state index in [1.807, 2.05) is 0 Å². The van der Waals surface area contributed by atoms with Crippen molar-refractivity contribution in [1.82, 2.24) is 0 Å². The zero-order chi connectivity index (χ0) is 18.4. The van der Waals surface area contributed by atoms with Gasteiger partial charge in [0.2, 0.25) is 6.20 Å². The molecule has 5 heteroatoms. The molecule has 0 aromatic heterocycles. The van der Waals surface area contributed by atoms with Crippen LogP contribution in [-0.2, 0) is 9.47 Å². The highest BCUT2D eigenvalue weighted by Gasteiger charge is 2.35. The molecule has 1 rings (SSSR count). The highest BCUT2D eigenvalue weighted by atomic mass is 16.7. The summed E-state index contributed by atoms with van der Waals surface area (Å²) in [5.74, 6) is 0.495. The summed E-state index contributed by atoms with van der Waals surface area (Å²) in [6.07, 6.45) is 13.9. The monoisotopic (exact) mass is 354 g/mol. The van der Waals surface area contributed by atoms with E-state index >= 15 is 0 Å². The molecular formula is C20H38N2O3. The lowest BCUT2D eigenvalue weighted by molar-refractivity contribution is -0.458. The van der Waals surface area contributed by atoms with Gasteiger partial charge in [0.05, 0.1) is 13.2 Å². The maximum Gasteiger partial charge on any atom is 0.202 e. The fourth-order valence-electron chi connectivity index (χ4n) is 3.30. The first-order valence-electron chi connectivity index (χ1n) is 10.1. The molecule has 0 amide bonds. The summed E-state index contributed by atoms with van der Waals surface area (Å²) in [6, 6.07) is 0. The highest BCUT2D eigenvalue weighted by Crippen LogP contribution is 2.32. The van der Waals surface area contributed by atoms with E-state index in [0.29, 0.717) is 11.4 Å². The standard InChI is InChI=1S/C20H38N2O3/c1-4-22(23)21-16-12-7-5-6-10-14-20(24-17-18-25-20)15-11-8-9-13-19(2)3/h4,19H,1,5-18H2,2-3H3. The van der Waals surface area contributed by atoms with Crippen molar-refractivity contribution in [1.29, 1.82) is 0 Å². The Morgan fingerprint density at radius 1 is 1.00 bits per heavy atom. The lowest BCUT2D eigenvalue weighted by Gasteiger charge is -2.27. The molecule has 0 unspecified atom stereocenters. The largest absolute Gasteiger partial charge is 0.595 e. The van der Waals surface area contributed by atoms with E-state index < -0.39 is 0 Å². The molecule has 1 saturated heterocycles. The zero-order valence-electron chi connectivity index (χ0n) is 16.4. The van der Waals surface area contributed by atoms with Gasteiger partial charge in [-0.2, -0.15) is 0 Å². The number of nitrogens with zero attached hydrogens (tertiary/aromatic N) is 2. The van der Waals surface area contributed by atoms with Crippen molar-refractivity contribution in [2.45, 2.75) is 90.3 Å². The summed E-state index contributed by atoms with van der Waals surface area (Å²) in [5, 5.41) is 14.7. The van der Waals surface area contributed by atoms with Crippen molar-refractivity contribution in [2.75, 3.05) is 19.8 Å². The van der Waals surface area contributed by atoms with E-state index in [0.717, 1.165) is 51.2 Å². The van der Waals surface area contributed by atoms with Gasteiger partial charge in [0.1, 0.15) is 6.54 Å². The van der Waals surface area contributed by atoms with Gasteiger partial charge in [-0.25, -0.2) is 0 Å². The molecule has 0 saturated carbocycles. The molecule has 0 aliphatic carbocycles. The van der Waals surface area contributed by atoms with Crippen LogP contribution in [0.3, 0.4) is 0 Å². The molecule has 0 N–H and O–H groups in total. The second-order valence-electron chi connectivity index (χ2n) is 7.47. The van der Waals surface area contributed by atoms with Gasteiger partial charge in [-0.15, -0.1) is 0 Å². The molecule has 0 aromatic rings. The minimum atomic E-state index is -0.305. The van der Waals surface area contributed by atoms with Crippen molar-refractivity contribution in [2.24, 2.45) is 11.0 Å². The molecule has 1 heterocycles. The van der Waals surface area contributed by atoms with Gasteiger partial charge in [0.25, 0.3) is 0 Å². The average molecular weight is 355 g/mol. The zero-order valence-corrected chi connectivity index (χ0v) is 16.4. The van der Waals surface area contributed by atoms with Crippen molar-refractivity contribution < 1.29 is 14.3 Å². The van der Waals surface area contributed by atoms with Crippen LogP contribution in [0.15, 0.2) is 17.9 Å². The number of hydrogen-bond donors (Lipinski definition) is 0. The van der Waals surface area contributed by atoms with E-state index in [1.54, 1.807) is 0 Å². The summed E-state index contributed by atoms with van der Waals surface area (Å²) in [5.41, 5.74) is 0. The lowest BCUT2D eigenvalue weighted by atomic mass is 9.98. The van der Waals surface area contributed by atoms with Gasteiger partial charge in [-0.3, -0.25) is 0 Å². The van der Waals surface area contributed by atoms with Crippen LogP contribution in [0.2, 0.25) is 0 Å². The SMILES string of the molecule is C=C[N+]([O-])=NCCCCCCCC1(CCCCCC(C)C)OCCO1. The van der Waals surface area contributed by atoms with E-state index in [9.17, 15) is 5.21 Å². The Labute approximate surface area is 154 Å². The minimum Gasteiger partial charge on any atom is -0.595 e. The molecule has 5 nitrogen and oxygen atoms in total.